The first-order chi connectivity index (χ1) is 18.9. The first kappa shape index (κ1) is 27.5. The van der Waals surface area contributed by atoms with Gasteiger partial charge in [0.2, 0.25) is 0 Å². The largest absolute Gasteiger partial charge is 0.495 e. The van der Waals surface area contributed by atoms with Gasteiger partial charge in [-0.25, -0.2) is 14.6 Å². The molecule has 4 N–H and O–H groups in total. The standard InChI is InChI=1S/C28H34N6O5/c1-19-4-8-25(38-3)24(16-19)31-27(36)30-21-5-9-26(29-18-21)33-10-12-34(13-11-33)28(37)32-23-7-6-22(17-20(23)2)39-15-14-35/h4-9,16-18,35H,10-15H2,1-3H3,(H,32,37)(H2,30,31,36). The first-order valence-corrected chi connectivity index (χ1v) is 12.7. The van der Waals surface area contributed by atoms with Crippen LogP contribution in [-0.4, -0.2) is 73.6 Å². The second kappa shape index (κ2) is 12.8. The van der Waals surface area contributed by atoms with Crippen LogP contribution in [0, 0.1) is 13.8 Å². The molecule has 0 unspecified atom stereocenters. The van der Waals surface area contributed by atoms with Crippen LogP contribution in [0.1, 0.15) is 11.1 Å². The predicted molar refractivity (Wildman–Crippen MR) is 151 cm³/mol. The molecule has 1 fully saturated rings. The SMILES string of the molecule is COc1ccc(C)cc1NC(=O)Nc1ccc(N2CCN(C(=O)Nc3ccc(OCCO)cc3C)CC2)nc1. The second-order valence-electron chi connectivity index (χ2n) is 9.14. The Morgan fingerprint density at radius 3 is 2.41 bits per heavy atom. The number of hydrogen-bond donors (Lipinski definition) is 4. The number of hydrogen-bond acceptors (Lipinski definition) is 7. The third-order valence-corrected chi connectivity index (χ3v) is 6.30. The first-order valence-electron chi connectivity index (χ1n) is 12.7. The number of nitrogens with one attached hydrogen (secondary N) is 3. The number of carbonyl (C=O) groups is 2. The van der Waals surface area contributed by atoms with E-state index in [4.69, 9.17) is 14.6 Å². The Kier molecular flexibility index (Phi) is 9.06. The number of amides is 4. The number of methoxy groups -OCH3 is 1. The van der Waals surface area contributed by atoms with Crippen LogP contribution < -0.4 is 30.3 Å². The van der Waals surface area contributed by atoms with Crippen molar-refractivity contribution >= 4 is 34.9 Å². The van der Waals surface area contributed by atoms with Gasteiger partial charge in [-0.2, -0.15) is 0 Å². The van der Waals surface area contributed by atoms with Gasteiger partial charge in [0.1, 0.15) is 23.9 Å². The van der Waals surface area contributed by atoms with E-state index in [1.165, 1.54) is 0 Å². The molecule has 2 aromatic carbocycles. The number of aryl methyl sites for hydroxylation is 2. The summed E-state index contributed by atoms with van der Waals surface area (Å²) in [5.41, 5.74) is 3.74. The average Bonchev–Trinajstić information content (AvgIpc) is 2.94. The van der Waals surface area contributed by atoms with Crippen LogP contribution in [0.25, 0.3) is 0 Å². The molecule has 0 bridgehead atoms. The topological polar surface area (TPSA) is 128 Å². The van der Waals surface area contributed by atoms with E-state index in [-0.39, 0.29) is 19.2 Å². The summed E-state index contributed by atoms with van der Waals surface area (Å²) in [5.74, 6) is 2.00. The third kappa shape index (κ3) is 7.29. The second-order valence-corrected chi connectivity index (χ2v) is 9.14. The number of nitrogens with zero attached hydrogens (tertiary/aromatic N) is 3. The summed E-state index contributed by atoms with van der Waals surface area (Å²) in [6.45, 7) is 6.36. The van der Waals surface area contributed by atoms with Gasteiger partial charge in [-0.1, -0.05) is 6.07 Å². The Morgan fingerprint density at radius 1 is 0.949 bits per heavy atom. The number of aliphatic hydroxyl groups excluding tert-OH is 1. The van der Waals surface area contributed by atoms with Gasteiger partial charge in [0.05, 0.1) is 31.3 Å². The van der Waals surface area contributed by atoms with Crippen molar-refractivity contribution in [2.75, 3.05) is 67.4 Å². The third-order valence-electron chi connectivity index (χ3n) is 6.30. The van der Waals surface area contributed by atoms with E-state index in [2.05, 4.69) is 25.8 Å². The summed E-state index contributed by atoms with van der Waals surface area (Å²) in [4.78, 5) is 33.7. The smallest absolute Gasteiger partial charge is 0.323 e. The van der Waals surface area contributed by atoms with Crippen molar-refractivity contribution in [1.29, 1.82) is 0 Å². The molecule has 0 spiro atoms. The van der Waals surface area contributed by atoms with Crippen molar-refractivity contribution in [3.8, 4) is 11.5 Å². The van der Waals surface area contributed by atoms with Crippen LogP contribution in [-0.2, 0) is 0 Å². The Hall–Kier alpha value is -4.51. The van der Waals surface area contributed by atoms with E-state index in [1.54, 1.807) is 42.5 Å². The number of urea groups is 2. The number of benzene rings is 2. The highest BCUT2D eigenvalue weighted by Crippen LogP contribution is 2.26. The van der Waals surface area contributed by atoms with Crippen LogP contribution in [0.2, 0.25) is 0 Å². The number of pyridine rings is 1. The lowest BCUT2D eigenvalue weighted by molar-refractivity contribution is 0.201. The molecule has 1 aliphatic rings. The van der Waals surface area contributed by atoms with Gasteiger partial charge in [-0.05, 0) is 67.4 Å². The molecule has 0 aliphatic carbocycles. The Labute approximate surface area is 227 Å². The van der Waals surface area contributed by atoms with Gasteiger partial charge in [0.25, 0.3) is 0 Å². The van der Waals surface area contributed by atoms with Crippen molar-refractivity contribution in [2.24, 2.45) is 0 Å². The van der Waals surface area contributed by atoms with E-state index in [0.717, 1.165) is 16.9 Å². The highest BCUT2D eigenvalue weighted by Gasteiger charge is 2.22. The molecule has 0 saturated carbocycles. The molecule has 206 valence electrons. The van der Waals surface area contributed by atoms with Gasteiger partial charge in [0, 0.05) is 31.9 Å². The maximum absolute atomic E-state index is 12.8. The van der Waals surface area contributed by atoms with Crippen molar-refractivity contribution < 1.29 is 24.2 Å². The van der Waals surface area contributed by atoms with E-state index in [0.29, 0.717) is 54.7 Å². The number of anilines is 4. The molecule has 0 atom stereocenters. The lowest BCUT2D eigenvalue weighted by Crippen LogP contribution is -2.50. The van der Waals surface area contributed by atoms with Gasteiger partial charge < -0.3 is 40.3 Å². The number of carbonyl (C=O) groups excluding carboxylic acids is 2. The van der Waals surface area contributed by atoms with Gasteiger partial charge in [-0.15, -0.1) is 0 Å². The van der Waals surface area contributed by atoms with Gasteiger partial charge in [-0.3, -0.25) is 0 Å². The number of piperazine rings is 1. The van der Waals surface area contributed by atoms with E-state index < -0.39 is 6.03 Å². The van der Waals surface area contributed by atoms with Crippen LogP contribution in [0.3, 0.4) is 0 Å². The lowest BCUT2D eigenvalue weighted by atomic mass is 10.2. The van der Waals surface area contributed by atoms with Crippen LogP contribution >= 0.6 is 0 Å². The van der Waals surface area contributed by atoms with Crippen molar-refractivity contribution in [1.82, 2.24) is 9.88 Å². The van der Waals surface area contributed by atoms with Gasteiger partial charge >= 0.3 is 12.1 Å². The molecular formula is C28H34N6O5. The molecule has 4 amide bonds. The van der Waals surface area contributed by atoms with Crippen molar-refractivity contribution in [3.05, 3.63) is 65.9 Å². The molecule has 1 aliphatic heterocycles. The van der Waals surface area contributed by atoms with E-state index >= 15 is 0 Å². The number of aliphatic hydroxyl groups is 1. The molecule has 4 rings (SSSR count). The number of rotatable bonds is 8. The minimum absolute atomic E-state index is 0.0538. The zero-order chi connectivity index (χ0) is 27.8. The minimum Gasteiger partial charge on any atom is -0.495 e. The highest BCUT2D eigenvalue weighted by molar-refractivity contribution is 6.00. The van der Waals surface area contributed by atoms with Crippen LogP contribution in [0.4, 0.5) is 32.5 Å². The Balaban J connectivity index is 1.26. The molecule has 11 heteroatoms. The maximum atomic E-state index is 12.8. The molecule has 3 aromatic rings. The summed E-state index contributed by atoms with van der Waals surface area (Å²) in [6.07, 6.45) is 1.61. The normalized spacial score (nSPS) is 13.0. The summed E-state index contributed by atoms with van der Waals surface area (Å²) < 4.78 is 10.7. The minimum atomic E-state index is -0.393. The van der Waals surface area contributed by atoms with Crippen molar-refractivity contribution in [2.45, 2.75) is 13.8 Å². The van der Waals surface area contributed by atoms with Crippen molar-refractivity contribution in [3.63, 3.8) is 0 Å². The van der Waals surface area contributed by atoms with Crippen LogP contribution in [0.5, 0.6) is 11.5 Å². The predicted octanol–water partition coefficient (Wildman–Crippen LogP) is 4.08. The lowest BCUT2D eigenvalue weighted by Gasteiger charge is -2.35. The zero-order valence-corrected chi connectivity index (χ0v) is 22.4. The Morgan fingerprint density at radius 2 is 1.74 bits per heavy atom. The Bertz CT molecular complexity index is 1290. The highest BCUT2D eigenvalue weighted by atomic mass is 16.5. The average molecular weight is 535 g/mol. The monoisotopic (exact) mass is 534 g/mol. The van der Waals surface area contributed by atoms with E-state index in [1.807, 2.05) is 38.1 Å². The maximum Gasteiger partial charge on any atom is 0.323 e. The molecule has 11 nitrogen and oxygen atoms in total. The molecule has 1 aromatic heterocycles. The van der Waals surface area contributed by atoms with Crippen LogP contribution in [0.15, 0.2) is 54.7 Å². The summed E-state index contributed by atoms with van der Waals surface area (Å²) >= 11 is 0. The molecular weight excluding hydrogens is 500 g/mol. The fourth-order valence-corrected chi connectivity index (χ4v) is 4.21. The fourth-order valence-electron chi connectivity index (χ4n) is 4.21. The summed E-state index contributed by atoms with van der Waals surface area (Å²) in [5, 5.41) is 17.5. The molecule has 2 heterocycles. The summed E-state index contributed by atoms with van der Waals surface area (Å²) in [6, 6.07) is 14.0. The molecule has 0 radical (unpaired) electrons. The number of ether oxygens (including phenoxy) is 2. The fraction of sp³-hybridized carbons (Fsp3) is 0.321. The summed E-state index contributed by atoms with van der Waals surface area (Å²) in [7, 11) is 1.56. The number of aromatic nitrogens is 1. The van der Waals surface area contributed by atoms with Gasteiger partial charge in [0.15, 0.2) is 0 Å². The molecule has 1 saturated heterocycles. The quantitative estimate of drug-likeness (QED) is 0.343. The zero-order valence-electron chi connectivity index (χ0n) is 22.4. The van der Waals surface area contributed by atoms with E-state index in [9.17, 15) is 9.59 Å². The molecule has 39 heavy (non-hydrogen) atoms.